The Labute approximate surface area is 191 Å². The van der Waals surface area contributed by atoms with Crippen LogP contribution in [0.5, 0.6) is 11.5 Å². The van der Waals surface area contributed by atoms with Gasteiger partial charge in [-0.15, -0.1) is 11.3 Å². The summed E-state index contributed by atoms with van der Waals surface area (Å²) < 4.78 is 38.2. The van der Waals surface area contributed by atoms with Crippen molar-refractivity contribution in [2.75, 3.05) is 17.1 Å². The summed E-state index contributed by atoms with van der Waals surface area (Å²) in [6, 6.07) is 11.2. The molecule has 2 N–H and O–H groups in total. The molecule has 0 aliphatic rings. The number of hydrogen-bond acceptors (Lipinski definition) is 7. The Morgan fingerprint density at radius 3 is 2.50 bits per heavy atom. The molecule has 0 spiro atoms. The van der Waals surface area contributed by atoms with Gasteiger partial charge in [-0.3, -0.25) is 9.52 Å². The second-order valence-electron chi connectivity index (χ2n) is 6.87. The van der Waals surface area contributed by atoms with Crippen molar-refractivity contribution in [2.24, 2.45) is 0 Å². The number of carbonyl (C=O) groups is 1. The van der Waals surface area contributed by atoms with Crippen molar-refractivity contribution in [2.45, 2.75) is 24.8 Å². The van der Waals surface area contributed by atoms with Crippen molar-refractivity contribution in [3.05, 3.63) is 65.7 Å². The maximum absolute atomic E-state index is 12.4. The van der Waals surface area contributed by atoms with Gasteiger partial charge >= 0.3 is 0 Å². The van der Waals surface area contributed by atoms with Gasteiger partial charge in [0.1, 0.15) is 0 Å². The van der Waals surface area contributed by atoms with Gasteiger partial charge in [0.2, 0.25) is 5.91 Å². The molecule has 3 rings (SSSR count). The van der Waals surface area contributed by atoms with Crippen LogP contribution in [-0.2, 0) is 14.8 Å². The van der Waals surface area contributed by atoms with Crippen molar-refractivity contribution >= 4 is 44.2 Å². The maximum atomic E-state index is 12.4. The summed E-state index contributed by atoms with van der Waals surface area (Å²) in [7, 11) is -2.19. The monoisotopic (exact) mass is 473 g/mol. The molecule has 1 aromatic heterocycles. The fourth-order valence-electron chi connectivity index (χ4n) is 2.66. The third-order valence-corrected chi connectivity index (χ3v) is 6.24. The number of methoxy groups -OCH3 is 1. The van der Waals surface area contributed by atoms with Gasteiger partial charge in [0.25, 0.3) is 10.0 Å². The van der Waals surface area contributed by atoms with E-state index in [0.29, 0.717) is 17.2 Å². The van der Waals surface area contributed by atoms with Crippen LogP contribution >= 0.6 is 11.3 Å². The minimum Gasteiger partial charge on any atom is -0.493 e. The summed E-state index contributed by atoms with van der Waals surface area (Å²) in [6.07, 6.45) is 4.55. The number of hydrogen-bond donors (Lipinski definition) is 2. The highest BCUT2D eigenvalue weighted by Crippen LogP contribution is 2.29. The van der Waals surface area contributed by atoms with Gasteiger partial charge in [-0.05, 0) is 61.9 Å². The lowest BCUT2D eigenvalue weighted by molar-refractivity contribution is -0.111. The highest BCUT2D eigenvalue weighted by atomic mass is 32.2. The molecule has 2 aromatic carbocycles. The Kier molecular flexibility index (Phi) is 7.49. The number of rotatable bonds is 9. The number of thiazole rings is 1. The summed E-state index contributed by atoms with van der Waals surface area (Å²) in [5, 5.41) is 4.65. The minimum absolute atomic E-state index is 0.0144. The van der Waals surface area contributed by atoms with Gasteiger partial charge in [0.05, 0.1) is 18.1 Å². The average molecular weight is 474 g/mol. The Bertz CT molecular complexity index is 1190. The van der Waals surface area contributed by atoms with Crippen LogP contribution in [0.4, 0.5) is 10.8 Å². The molecule has 32 heavy (non-hydrogen) atoms. The van der Waals surface area contributed by atoms with E-state index < -0.39 is 10.0 Å². The van der Waals surface area contributed by atoms with Gasteiger partial charge < -0.3 is 14.8 Å². The van der Waals surface area contributed by atoms with E-state index in [0.717, 1.165) is 5.56 Å². The zero-order valence-electron chi connectivity index (χ0n) is 17.7. The first-order valence-electron chi connectivity index (χ1n) is 9.63. The van der Waals surface area contributed by atoms with E-state index in [1.54, 1.807) is 30.7 Å². The quantitative estimate of drug-likeness (QED) is 0.447. The molecule has 0 aliphatic heterocycles. The van der Waals surface area contributed by atoms with Crippen LogP contribution in [0.1, 0.15) is 19.4 Å². The van der Waals surface area contributed by atoms with E-state index >= 15 is 0 Å². The van der Waals surface area contributed by atoms with Crippen LogP contribution in [0.15, 0.2) is 65.0 Å². The molecule has 0 fully saturated rings. The molecule has 0 bridgehead atoms. The molecule has 8 nitrogen and oxygen atoms in total. The maximum Gasteiger partial charge on any atom is 0.263 e. The van der Waals surface area contributed by atoms with E-state index in [9.17, 15) is 13.2 Å². The highest BCUT2D eigenvalue weighted by molar-refractivity contribution is 7.93. The number of benzene rings is 2. The van der Waals surface area contributed by atoms with E-state index in [1.807, 2.05) is 19.9 Å². The lowest BCUT2D eigenvalue weighted by Gasteiger charge is -2.13. The Hall–Kier alpha value is -3.37. The van der Waals surface area contributed by atoms with Crippen molar-refractivity contribution in [3.63, 3.8) is 0 Å². The number of anilines is 2. The third-order valence-electron chi connectivity index (χ3n) is 4.06. The number of nitrogens with one attached hydrogen (secondary N) is 2. The molecule has 0 radical (unpaired) electrons. The number of ether oxygens (including phenoxy) is 2. The van der Waals surface area contributed by atoms with Crippen molar-refractivity contribution in [1.82, 2.24) is 4.98 Å². The normalized spacial score (nSPS) is 11.5. The first-order valence-corrected chi connectivity index (χ1v) is 12.0. The van der Waals surface area contributed by atoms with Gasteiger partial charge in [-0.1, -0.05) is 6.07 Å². The molecule has 168 valence electrons. The van der Waals surface area contributed by atoms with Gasteiger partial charge in [0, 0.05) is 23.3 Å². The highest BCUT2D eigenvalue weighted by Gasteiger charge is 2.15. The van der Waals surface area contributed by atoms with E-state index in [-0.39, 0.29) is 22.0 Å². The number of nitrogens with zero attached hydrogens (tertiary/aromatic N) is 1. The van der Waals surface area contributed by atoms with Gasteiger partial charge in [0.15, 0.2) is 16.6 Å². The summed E-state index contributed by atoms with van der Waals surface area (Å²) >= 11 is 1.18. The fraction of sp³-hybridized carbons (Fsp3) is 0.182. The number of sulfonamides is 1. The smallest absolute Gasteiger partial charge is 0.263 e. The topological polar surface area (TPSA) is 107 Å². The lowest BCUT2D eigenvalue weighted by atomic mass is 10.2. The summed E-state index contributed by atoms with van der Waals surface area (Å²) in [5.41, 5.74) is 1.23. The Morgan fingerprint density at radius 1 is 1.12 bits per heavy atom. The van der Waals surface area contributed by atoms with Crippen LogP contribution in [0.2, 0.25) is 0 Å². The molecule has 10 heteroatoms. The fourth-order valence-corrected chi connectivity index (χ4v) is 4.45. The molecule has 0 atom stereocenters. The van der Waals surface area contributed by atoms with Crippen molar-refractivity contribution in [1.29, 1.82) is 0 Å². The van der Waals surface area contributed by atoms with Crippen LogP contribution in [0.25, 0.3) is 6.08 Å². The number of aromatic nitrogens is 1. The van der Waals surface area contributed by atoms with Crippen LogP contribution in [0.3, 0.4) is 0 Å². The molecule has 0 saturated heterocycles. The molecule has 1 heterocycles. The minimum atomic E-state index is -3.74. The Morgan fingerprint density at radius 2 is 1.88 bits per heavy atom. The summed E-state index contributed by atoms with van der Waals surface area (Å²) in [6.45, 7) is 3.86. The van der Waals surface area contributed by atoms with Gasteiger partial charge in [-0.2, -0.15) is 0 Å². The van der Waals surface area contributed by atoms with Crippen molar-refractivity contribution in [3.8, 4) is 11.5 Å². The van der Waals surface area contributed by atoms with E-state index in [1.165, 1.54) is 47.9 Å². The Balaban J connectivity index is 1.63. The second kappa shape index (κ2) is 10.3. The first kappa shape index (κ1) is 23.3. The average Bonchev–Trinajstić information content (AvgIpc) is 3.25. The standard InChI is InChI=1S/C22H23N3O5S2/c1-15(2)30-19-10-4-16(14-20(19)29-3)5-11-21(26)24-17-6-8-18(9-7-17)32(27,28)25-22-23-12-13-31-22/h4-15H,1-3H3,(H,23,25)(H,24,26). The summed E-state index contributed by atoms with van der Waals surface area (Å²) in [5.74, 6) is 0.843. The third kappa shape index (κ3) is 6.32. The largest absolute Gasteiger partial charge is 0.493 e. The van der Waals surface area contributed by atoms with E-state index in [2.05, 4.69) is 15.0 Å². The second-order valence-corrected chi connectivity index (χ2v) is 9.44. The number of carbonyl (C=O) groups excluding carboxylic acids is 1. The molecule has 3 aromatic rings. The molecular weight excluding hydrogens is 450 g/mol. The zero-order valence-corrected chi connectivity index (χ0v) is 19.4. The van der Waals surface area contributed by atoms with E-state index in [4.69, 9.17) is 9.47 Å². The SMILES string of the molecule is COc1cc(C=CC(=O)Nc2ccc(S(=O)(=O)Nc3nccs3)cc2)ccc1OC(C)C. The van der Waals surface area contributed by atoms with Gasteiger partial charge in [-0.25, -0.2) is 13.4 Å². The predicted molar refractivity (Wildman–Crippen MR) is 126 cm³/mol. The molecular formula is C22H23N3O5S2. The predicted octanol–water partition coefficient (Wildman–Crippen LogP) is 4.39. The molecule has 1 amide bonds. The van der Waals surface area contributed by atoms with Crippen LogP contribution in [0, 0.1) is 0 Å². The lowest BCUT2D eigenvalue weighted by Crippen LogP contribution is -2.13. The molecule has 0 unspecified atom stereocenters. The van der Waals surface area contributed by atoms with Crippen LogP contribution in [-0.4, -0.2) is 32.5 Å². The zero-order chi connectivity index (χ0) is 23.1. The molecule has 0 aliphatic carbocycles. The first-order chi connectivity index (χ1) is 15.3. The summed E-state index contributed by atoms with van der Waals surface area (Å²) in [4.78, 5) is 16.2. The molecule has 0 saturated carbocycles. The van der Waals surface area contributed by atoms with Crippen LogP contribution < -0.4 is 19.5 Å². The number of amides is 1. The van der Waals surface area contributed by atoms with Crippen molar-refractivity contribution < 1.29 is 22.7 Å².